The molecule has 0 aromatic carbocycles. The molecule has 0 aliphatic carbocycles. The first-order valence-electron chi connectivity index (χ1n) is 5.26. The predicted octanol–water partition coefficient (Wildman–Crippen LogP) is 0.201. The molecule has 0 bridgehead atoms. The van der Waals surface area contributed by atoms with E-state index in [4.69, 9.17) is 10.8 Å². The fourth-order valence-electron chi connectivity index (χ4n) is 1.84. The third-order valence-electron chi connectivity index (χ3n) is 2.77. The van der Waals surface area contributed by atoms with E-state index >= 15 is 0 Å². The number of hydrogen-bond donors (Lipinski definition) is 2. The molecule has 1 aliphatic heterocycles. The minimum absolute atomic E-state index is 0.0967. The number of likely N-dealkylation sites (tertiary alicyclic amines) is 1. The molecule has 3 N–H and O–H groups in total. The molecule has 0 spiro atoms. The average Bonchev–Trinajstić information content (AvgIpc) is 2.82. The predicted molar refractivity (Wildman–Crippen MR) is 62.6 cm³/mol. The van der Waals surface area contributed by atoms with Crippen LogP contribution in [0.5, 0.6) is 0 Å². The first kappa shape index (κ1) is 11.8. The number of carbonyl (C=O) groups is 2. The summed E-state index contributed by atoms with van der Waals surface area (Å²) in [6, 6.07) is 0. The minimum Gasteiger partial charge on any atom is -0.481 e. The summed E-state index contributed by atoms with van der Waals surface area (Å²) in [6.07, 6.45) is 0.723. The van der Waals surface area contributed by atoms with Crippen molar-refractivity contribution >= 4 is 28.3 Å². The van der Waals surface area contributed by atoms with Crippen molar-refractivity contribution in [2.24, 2.45) is 5.92 Å². The van der Waals surface area contributed by atoms with Crippen molar-refractivity contribution in [1.82, 2.24) is 9.88 Å². The number of carboxylic acid groups (broad SMARTS) is 1. The molecule has 6 nitrogen and oxygen atoms in total. The zero-order chi connectivity index (χ0) is 12.4. The Hall–Kier alpha value is -1.63. The number of rotatable bonds is 4. The van der Waals surface area contributed by atoms with Crippen LogP contribution in [0.25, 0.3) is 0 Å². The van der Waals surface area contributed by atoms with Gasteiger partial charge in [-0.05, 0) is 0 Å². The Kier molecular flexibility index (Phi) is 3.28. The zero-order valence-corrected chi connectivity index (χ0v) is 9.94. The third kappa shape index (κ3) is 2.73. The van der Waals surface area contributed by atoms with Gasteiger partial charge in [-0.15, -0.1) is 11.3 Å². The lowest BCUT2D eigenvalue weighted by Crippen LogP contribution is -2.28. The molecule has 1 amide bonds. The van der Waals surface area contributed by atoms with E-state index in [0.717, 1.165) is 5.69 Å². The molecular formula is C10H13N3O3S. The van der Waals surface area contributed by atoms with Gasteiger partial charge in [0.1, 0.15) is 0 Å². The first-order valence-corrected chi connectivity index (χ1v) is 6.14. The van der Waals surface area contributed by atoms with Gasteiger partial charge in [0.05, 0.1) is 11.6 Å². The average molecular weight is 255 g/mol. The van der Waals surface area contributed by atoms with Gasteiger partial charge < -0.3 is 15.7 Å². The number of carboxylic acids is 1. The molecule has 1 saturated heterocycles. The van der Waals surface area contributed by atoms with Crippen molar-refractivity contribution in [3.05, 3.63) is 11.1 Å². The second kappa shape index (κ2) is 4.70. The van der Waals surface area contributed by atoms with Gasteiger partial charge >= 0.3 is 5.97 Å². The van der Waals surface area contributed by atoms with E-state index in [0.29, 0.717) is 24.6 Å². The maximum absolute atomic E-state index is 11.5. The Balaban J connectivity index is 1.88. The Morgan fingerprint density at radius 1 is 1.71 bits per heavy atom. The molecule has 7 heteroatoms. The highest BCUT2D eigenvalue weighted by Crippen LogP contribution is 2.19. The fourth-order valence-corrected chi connectivity index (χ4v) is 2.44. The van der Waals surface area contributed by atoms with Crippen LogP contribution in [-0.2, 0) is 16.0 Å². The van der Waals surface area contributed by atoms with Gasteiger partial charge in [-0.2, -0.15) is 0 Å². The van der Waals surface area contributed by atoms with E-state index < -0.39 is 11.9 Å². The monoisotopic (exact) mass is 255 g/mol. The van der Waals surface area contributed by atoms with Gasteiger partial charge in [0, 0.05) is 31.3 Å². The van der Waals surface area contributed by atoms with Crippen LogP contribution in [0.2, 0.25) is 0 Å². The maximum Gasteiger partial charge on any atom is 0.308 e. The topological polar surface area (TPSA) is 96.5 Å². The van der Waals surface area contributed by atoms with E-state index in [2.05, 4.69) is 4.98 Å². The van der Waals surface area contributed by atoms with Crippen LogP contribution in [0.3, 0.4) is 0 Å². The Morgan fingerprint density at radius 3 is 3.00 bits per heavy atom. The summed E-state index contributed by atoms with van der Waals surface area (Å²) in [5.74, 6) is -1.57. The van der Waals surface area contributed by atoms with E-state index in [1.54, 1.807) is 4.90 Å². The number of hydrogen-bond acceptors (Lipinski definition) is 5. The number of aliphatic carboxylic acids is 1. The smallest absolute Gasteiger partial charge is 0.308 e. The van der Waals surface area contributed by atoms with Crippen molar-refractivity contribution in [2.45, 2.75) is 12.8 Å². The molecule has 1 fully saturated rings. The highest BCUT2D eigenvalue weighted by Gasteiger charge is 2.33. The summed E-state index contributed by atoms with van der Waals surface area (Å²) < 4.78 is 0. The molecule has 1 aliphatic rings. The molecule has 1 aromatic heterocycles. The number of nitrogens with two attached hydrogens (primary N) is 1. The number of nitrogen functional groups attached to an aromatic ring is 1. The number of carbonyl (C=O) groups excluding carboxylic acids is 1. The van der Waals surface area contributed by atoms with E-state index in [1.807, 2.05) is 5.38 Å². The van der Waals surface area contributed by atoms with Crippen LogP contribution < -0.4 is 5.73 Å². The molecule has 2 heterocycles. The van der Waals surface area contributed by atoms with Crippen molar-refractivity contribution in [1.29, 1.82) is 0 Å². The lowest BCUT2D eigenvalue weighted by atomic mass is 10.1. The Bertz CT molecular complexity index is 446. The highest BCUT2D eigenvalue weighted by atomic mass is 32.1. The Labute approximate surface area is 102 Å². The summed E-state index contributed by atoms with van der Waals surface area (Å²) >= 11 is 1.36. The SMILES string of the molecule is Nc1nc(CCN2C[C@H](C(=O)O)CC2=O)cs1. The largest absolute Gasteiger partial charge is 0.481 e. The standard InChI is InChI=1S/C10H13N3O3S/c11-10-12-7(5-17-10)1-2-13-4-6(9(15)16)3-8(13)14/h5-6H,1-4H2,(H2,11,12)(H,15,16)/t6-/m1/s1. The quantitative estimate of drug-likeness (QED) is 0.801. The van der Waals surface area contributed by atoms with Crippen LogP contribution >= 0.6 is 11.3 Å². The molecule has 17 heavy (non-hydrogen) atoms. The summed E-state index contributed by atoms with van der Waals surface area (Å²) in [6.45, 7) is 0.805. The molecule has 2 rings (SSSR count). The normalized spacial score (nSPS) is 19.9. The van der Waals surface area contributed by atoms with E-state index in [9.17, 15) is 9.59 Å². The Morgan fingerprint density at radius 2 is 2.47 bits per heavy atom. The lowest BCUT2D eigenvalue weighted by molar-refractivity contribution is -0.141. The minimum atomic E-state index is -0.904. The molecule has 0 saturated carbocycles. The van der Waals surface area contributed by atoms with Crippen molar-refractivity contribution < 1.29 is 14.7 Å². The lowest BCUT2D eigenvalue weighted by Gasteiger charge is -2.14. The van der Waals surface area contributed by atoms with Crippen LogP contribution in [0.4, 0.5) is 5.13 Å². The molecule has 1 aromatic rings. The van der Waals surface area contributed by atoms with Gasteiger partial charge in [-0.1, -0.05) is 0 Å². The molecule has 1 atom stereocenters. The molecular weight excluding hydrogens is 242 g/mol. The third-order valence-corrected chi connectivity index (χ3v) is 3.49. The van der Waals surface area contributed by atoms with E-state index in [-0.39, 0.29) is 12.3 Å². The summed E-state index contributed by atoms with van der Waals surface area (Å²) in [5, 5.41) is 11.2. The van der Waals surface area contributed by atoms with Gasteiger partial charge in [0.25, 0.3) is 0 Å². The second-order valence-corrected chi connectivity index (χ2v) is 4.90. The van der Waals surface area contributed by atoms with Gasteiger partial charge in [0.15, 0.2) is 5.13 Å². The highest BCUT2D eigenvalue weighted by molar-refractivity contribution is 7.13. The first-order chi connectivity index (χ1) is 8.06. The van der Waals surface area contributed by atoms with Gasteiger partial charge in [0.2, 0.25) is 5.91 Å². The van der Waals surface area contributed by atoms with Crippen LogP contribution in [0.1, 0.15) is 12.1 Å². The fraction of sp³-hybridized carbons (Fsp3) is 0.500. The van der Waals surface area contributed by atoms with Crippen molar-refractivity contribution in [3.63, 3.8) is 0 Å². The number of amides is 1. The molecule has 92 valence electrons. The van der Waals surface area contributed by atoms with Crippen molar-refractivity contribution in [2.75, 3.05) is 18.8 Å². The van der Waals surface area contributed by atoms with Crippen LogP contribution in [0, 0.1) is 5.92 Å². The maximum atomic E-state index is 11.5. The number of anilines is 1. The van der Waals surface area contributed by atoms with Gasteiger partial charge in [-0.25, -0.2) is 4.98 Å². The second-order valence-electron chi connectivity index (χ2n) is 4.01. The summed E-state index contributed by atoms with van der Waals surface area (Å²) in [4.78, 5) is 28.0. The van der Waals surface area contributed by atoms with Gasteiger partial charge in [-0.3, -0.25) is 9.59 Å². The zero-order valence-electron chi connectivity index (χ0n) is 9.13. The number of thiazole rings is 1. The molecule has 0 unspecified atom stereocenters. The molecule has 0 radical (unpaired) electrons. The van der Waals surface area contributed by atoms with E-state index in [1.165, 1.54) is 11.3 Å². The number of nitrogens with zero attached hydrogens (tertiary/aromatic N) is 2. The summed E-state index contributed by atoms with van der Waals surface area (Å²) in [5.41, 5.74) is 6.35. The van der Waals surface area contributed by atoms with Crippen LogP contribution in [0.15, 0.2) is 5.38 Å². The number of aromatic nitrogens is 1. The summed E-state index contributed by atoms with van der Waals surface area (Å²) in [7, 11) is 0. The van der Waals surface area contributed by atoms with Crippen LogP contribution in [-0.4, -0.2) is 40.0 Å². The van der Waals surface area contributed by atoms with Crippen molar-refractivity contribution in [3.8, 4) is 0 Å².